The number of nitrogens with one attached hydrogen (secondary N) is 1. The summed E-state index contributed by atoms with van der Waals surface area (Å²) < 4.78 is 20.4. The maximum Gasteiger partial charge on any atom is 0.351 e. The van der Waals surface area contributed by atoms with E-state index in [9.17, 15) is 9.36 Å². The van der Waals surface area contributed by atoms with Crippen LogP contribution >= 0.6 is 8.25 Å². The van der Waals surface area contributed by atoms with E-state index in [0.29, 0.717) is 13.0 Å². The van der Waals surface area contributed by atoms with Crippen LogP contribution in [-0.4, -0.2) is 36.8 Å². The fourth-order valence-corrected chi connectivity index (χ4v) is 1.48. The summed E-state index contributed by atoms with van der Waals surface area (Å²) in [6.45, 7) is 0.521. The summed E-state index contributed by atoms with van der Waals surface area (Å²) in [6, 6.07) is 0. The molecule has 0 amide bonds. The second-order valence-corrected chi connectivity index (χ2v) is 4.24. The molecule has 0 bridgehead atoms. The molecule has 0 saturated heterocycles. The molecule has 16 heavy (non-hydrogen) atoms. The molecule has 0 aliphatic heterocycles. The van der Waals surface area contributed by atoms with Gasteiger partial charge in [0.2, 0.25) is 0 Å². The van der Waals surface area contributed by atoms with Crippen LogP contribution in [0.3, 0.4) is 0 Å². The van der Waals surface area contributed by atoms with Crippen LogP contribution in [0, 0.1) is 0 Å². The number of hydroxylamine groups is 3. The SMILES string of the molecule is CN(C)O[PH](=O)ONCCCCCC(=O)O. The van der Waals surface area contributed by atoms with E-state index in [4.69, 9.17) is 14.4 Å². The van der Waals surface area contributed by atoms with Crippen molar-refractivity contribution in [3.63, 3.8) is 0 Å². The van der Waals surface area contributed by atoms with Crippen molar-refractivity contribution in [1.29, 1.82) is 0 Å². The van der Waals surface area contributed by atoms with Crippen LogP contribution in [0.1, 0.15) is 25.7 Å². The first-order valence-electron chi connectivity index (χ1n) is 5.03. The van der Waals surface area contributed by atoms with Gasteiger partial charge in [0.15, 0.2) is 0 Å². The molecule has 0 saturated carbocycles. The molecule has 0 aromatic heterocycles. The molecule has 8 heteroatoms. The van der Waals surface area contributed by atoms with Crippen molar-refractivity contribution in [3.8, 4) is 0 Å². The maximum absolute atomic E-state index is 11.0. The second-order valence-electron chi connectivity index (χ2n) is 3.35. The number of unbranched alkanes of at least 4 members (excludes halogenated alkanes) is 2. The molecule has 0 fully saturated rings. The van der Waals surface area contributed by atoms with Crippen LogP contribution in [0.25, 0.3) is 0 Å². The molecule has 0 aromatic rings. The lowest BCUT2D eigenvalue weighted by atomic mass is 10.2. The van der Waals surface area contributed by atoms with Gasteiger partial charge >= 0.3 is 14.2 Å². The summed E-state index contributed by atoms with van der Waals surface area (Å²) in [7, 11) is 0.694. The van der Waals surface area contributed by atoms with Crippen LogP contribution in [0.15, 0.2) is 0 Å². The van der Waals surface area contributed by atoms with Crippen LogP contribution < -0.4 is 5.48 Å². The third kappa shape index (κ3) is 11.6. The average Bonchev–Trinajstić information content (AvgIpc) is 2.14. The van der Waals surface area contributed by atoms with Crippen molar-refractivity contribution in [3.05, 3.63) is 0 Å². The Balaban J connectivity index is 3.20. The lowest BCUT2D eigenvalue weighted by Gasteiger charge is -2.10. The first kappa shape index (κ1) is 15.5. The highest BCUT2D eigenvalue weighted by Crippen LogP contribution is 2.21. The highest BCUT2D eigenvalue weighted by Gasteiger charge is 2.01. The molecular formula is C8H19N2O5P. The lowest BCUT2D eigenvalue weighted by Crippen LogP contribution is -2.15. The van der Waals surface area contributed by atoms with Gasteiger partial charge in [-0.3, -0.25) is 9.36 Å². The summed E-state index contributed by atoms with van der Waals surface area (Å²) in [6.07, 6.45) is 2.38. The molecule has 1 unspecified atom stereocenters. The zero-order chi connectivity index (χ0) is 12.4. The summed E-state index contributed by atoms with van der Waals surface area (Å²) >= 11 is 0. The van der Waals surface area contributed by atoms with E-state index < -0.39 is 14.2 Å². The molecule has 1 atom stereocenters. The molecule has 0 aromatic carbocycles. The molecule has 2 N–H and O–H groups in total. The quantitative estimate of drug-likeness (QED) is 0.342. The van der Waals surface area contributed by atoms with Gasteiger partial charge in [-0.2, -0.15) is 10.5 Å². The highest BCUT2D eigenvalue weighted by molar-refractivity contribution is 7.33. The Kier molecular flexibility index (Phi) is 9.46. The first-order chi connectivity index (χ1) is 7.52. The fraction of sp³-hybridized carbons (Fsp3) is 0.875. The van der Waals surface area contributed by atoms with Crippen molar-refractivity contribution < 1.29 is 23.7 Å². The molecule has 0 spiro atoms. The third-order valence-electron chi connectivity index (χ3n) is 1.58. The minimum atomic E-state index is -2.52. The molecule has 0 rings (SSSR count). The Labute approximate surface area is 95.6 Å². The van der Waals surface area contributed by atoms with Crippen LogP contribution in [0.2, 0.25) is 0 Å². The molecule has 7 nitrogen and oxygen atoms in total. The molecular weight excluding hydrogens is 235 g/mol. The van der Waals surface area contributed by atoms with Gasteiger partial charge in [-0.15, -0.1) is 0 Å². The average molecular weight is 254 g/mol. The van der Waals surface area contributed by atoms with Gasteiger partial charge in [0, 0.05) is 27.1 Å². The van der Waals surface area contributed by atoms with E-state index >= 15 is 0 Å². The van der Waals surface area contributed by atoms with E-state index in [0.717, 1.165) is 12.8 Å². The predicted octanol–water partition coefficient (Wildman–Crippen LogP) is 1.04. The molecule has 0 aliphatic rings. The van der Waals surface area contributed by atoms with Gasteiger partial charge in [-0.1, -0.05) is 6.42 Å². The van der Waals surface area contributed by atoms with Gasteiger partial charge < -0.3 is 5.11 Å². The summed E-state index contributed by atoms with van der Waals surface area (Å²) in [5, 5.41) is 9.68. The molecule has 0 heterocycles. The van der Waals surface area contributed by atoms with Crippen molar-refractivity contribution in [1.82, 2.24) is 10.5 Å². The Bertz CT molecular complexity index is 224. The summed E-state index contributed by atoms with van der Waals surface area (Å²) in [4.78, 5) is 10.2. The summed E-state index contributed by atoms with van der Waals surface area (Å²) in [5.41, 5.74) is 2.51. The number of hydrogen-bond donors (Lipinski definition) is 2. The number of aliphatic carboxylic acids is 1. The first-order valence-corrected chi connectivity index (χ1v) is 6.25. The van der Waals surface area contributed by atoms with Gasteiger partial charge in [-0.25, -0.2) is 9.25 Å². The minimum Gasteiger partial charge on any atom is -0.481 e. The van der Waals surface area contributed by atoms with Crippen LogP contribution in [0.5, 0.6) is 0 Å². The standard InChI is InChI=1S/C8H19N2O5P/c1-10(2)15-16(13)14-9-7-5-3-4-6-8(11)12/h9,16H,3-7H2,1-2H3,(H,11,12). The van der Waals surface area contributed by atoms with Crippen LogP contribution in [0.4, 0.5) is 0 Å². The highest BCUT2D eigenvalue weighted by atomic mass is 31.1. The molecule has 96 valence electrons. The van der Waals surface area contributed by atoms with Gasteiger partial charge in [0.05, 0.1) is 0 Å². The number of hydrogen-bond acceptors (Lipinski definition) is 6. The van der Waals surface area contributed by atoms with Gasteiger partial charge in [0.25, 0.3) is 0 Å². The minimum absolute atomic E-state index is 0.182. The number of rotatable bonds is 10. The molecule has 0 aliphatic carbocycles. The predicted molar refractivity (Wildman–Crippen MR) is 59.0 cm³/mol. The van der Waals surface area contributed by atoms with E-state index in [-0.39, 0.29) is 6.42 Å². The Morgan fingerprint density at radius 1 is 1.38 bits per heavy atom. The fourth-order valence-electron chi connectivity index (χ4n) is 0.928. The zero-order valence-electron chi connectivity index (χ0n) is 9.56. The zero-order valence-corrected chi connectivity index (χ0v) is 10.6. The Hall–Kier alpha value is -0.460. The molecule has 0 radical (unpaired) electrons. The monoisotopic (exact) mass is 254 g/mol. The van der Waals surface area contributed by atoms with Crippen molar-refractivity contribution in [2.45, 2.75) is 25.7 Å². The van der Waals surface area contributed by atoms with Gasteiger partial charge in [0.1, 0.15) is 0 Å². The largest absolute Gasteiger partial charge is 0.481 e. The van der Waals surface area contributed by atoms with Crippen LogP contribution in [-0.2, 0) is 18.6 Å². The van der Waals surface area contributed by atoms with Crippen molar-refractivity contribution >= 4 is 14.2 Å². The van der Waals surface area contributed by atoms with E-state index in [2.05, 4.69) is 5.48 Å². The maximum atomic E-state index is 11.0. The number of carbonyl (C=O) groups is 1. The van der Waals surface area contributed by atoms with E-state index in [1.54, 1.807) is 14.1 Å². The Morgan fingerprint density at radius 2 is 2.06 bits per heavy atom. The van der Waals surface area contributed by atoms with Crippen molar-refractivity contribution in [2.75, 3.05) is 20.6 Å². The number of carboxylic acid groups (broad SMARTS) is 1. The topological polar surface area (TPSA) is 88.1 Å². The normalized spacial score (nSPS) is 12.9. The summed E-state index contributed by atoms with van der Waals surface area (Å²) in [5.74, 6) is -0.784. The van der Waals surface area contributed by atoms with Crippen molar-refractivity contribution in [2.24, 2.45) is 0 Å². The van der Waals surface area contributed by atoms with Gasteiger partial charge in [-0.05, 0) is 12.8 Å². The third-order valence-corrected chi connectivity index (χ3v) is 2.41. The number of nitrogens with zero attached hydrogens (tertiary/aromatic N) is 1. The van der Waals surface area contributed by atoms with E-state index in [1.165, 1.54) is 5.06 Å². The second kappa shape index (κ2) is 9.74. The Morgan fingerprint density at radius 3 is 2.62 bits per heavy atom. The number of carboxylic acids is 1. The van der Waals surface area contributed by atoms with E-state index in [1.807, 2.05) is 0 Å². The smallest absolute Gasteiger partial charge is 0.351 e. The lowest BCUT2D eigenvalue weighted by molar-refractivity contribution is -0.137.